The zero-order valence-corrected chi connectivity index (χ0v) is 10.1. The number of aromatic amines is 1. The molecule has 0 saturated carbocycles. The van der Waals surface area contributed by atoms with Crippen molar-refractivity contribution in [3.8, 4) is 22.4 Å². The van der Waals surface area contributed by atoms with Crippen molar-refractivity contribution in [2.75, 3.05) is 5.73 Å². The Morgan fingerprint density at radius 1 is 0.947 bits per heavy atom. The van der Waals surface area contributed by atoms with Crippen LogP contribution in [0.5, 0.6) is 0 Å². The molecular weight excluding hydrogens is 241 g/mol. The number of rotatable bonds is 2. The van der Waals surface area contributed by atoms with Crippen LogP contribution in [0.2, 0.25) is 0 Å². The van der Waals surface area contributed by atoms with Gasteiger partial charge in [-0.25, -0.2) is 4.39 Å². The van der Waals surface area contributed by atoms with Crippen LogP contribution in [0.4, 0.5) is 10.2 Å². The SMILES string of the molecule is Nc1n[nH]c(-c2ccccc2)c1-c1cccc(F)c1. The smallest absolute Gasteiger partial charge is 0.153 e. The second-order valence-corrected chi connectivity index (χ2v) is 4.24. The van der Waals surface area contributed by atoms with Crippen molar-refractivity contribution < 1.29 is 4.39 Å². The zero-order valence-electron chi connectivity index (χ0n) is 10.1. The molecule has 0 fully saturated rings. The van der Waals surface area contributed by atoms with E-state index in [1.165, 1.54) is 12.1 Å². The first kappa shape index (κ1) is 11.5. The van der Waals surface area contributed by atoms with E-state index in [0.29, 0.717) is 11.4 Å². The molecule has 3 aromatic rings. The monoisotopic (exact) mass is 253 g/mol. The number of nitrogens with zero attached hydrogens (tertiary/aromatic N) is 1. The number of hydrogen-bond acceptors (Lipinski definition) is 2. The van der Waals surface area contributed by atoms with Crippen LogP contribution in [-0.2, 0) is 0 Å². The van der Waals surface area contributed by atoms with E-state index in [2.05, 4.69) is 10.2 Å². The van der Waals surface area contributed by atoms with Crippen molar-refractivity contribution in [3.63, 3.8) is 0 Å². The third-order valence-electron chi connectivity index (χ3n) is 2.97. The van der Waals surface area contributed by atoms with Gasteiger partial charge in [-0.15, -0.1) is 0 Å². The number of aromatic nitrogens is 2. The van der Waals surface area contributed by atoms with E-state index in [0.717, 1.165) is 16.8 Å². The Morgan fingerprint density at radius 2 is 1.68 bits per heavy atom. The molecule has 2 aromatic carbocycles. The molecule has 0 unspecified atom stereocenters. The summed E-state index contributed by atoms with van der Waals surface area (Å²) in [5.74, 6) is 0.0709. The van der Waals surface area contributed by atoms with Gasteiger partial charge in [0.15, 0.2) is 5.82 Å². The van der Waals surface area contributed by atoms with Gasteiger partial charge >= 0.3 is 0 Å². The average Bonchev–Trinajstić information content (AvgIpc) is 2.82. The van der Waals surface area contributed by atoms with Gasteiger partial charge in [-0.05, 0) is 17.7 Å². The topological polar surface area (TPSA) is 54.7 Å². The second kappa shape index (κ2) is 4.57. The number of halogens is 1. The van der Waals surface area contributed by atoms with Crippen LogP contribution in [0.25, 0.3) is 22.4 Å². The molecule has 0 saturated heterocycles. The molecule has 1 aromatic heterocycles. The molecule has 0 bridgehead atoms. The van der Waals surface area contributed by atoms with E-state index < -0.39 is 0 Å². The summed E-state index contributed by atoms with van der Waals surface area (Å²) in [5, 5.41) is 6.94. The molecule has 0 amide bonds. The highest BCUT2D eigenvalue weighted by molar-refractivity contribution is 5.87. The molecule has 0 aliphatic heterocycles. The summed E-state index contributed by atoms with van der Waals surface area (Å²) >= 11 is 0. The van der Waals surface area contributed by atoms with Gasteiger partial charge in [0.05, 0.1) is 11.3 Å². The lowest BCUT2D eigenvalue weighted by molar-refractivity contribution is 0.628. The van der Waals surface area contributed by atoms with E-state index in [4.69, 9.17) is 5.73 Å². The van der Waals surface area contributed by atoms with Crippen molar-refractivity contribution >= 4 is 5.82 Å². The quantitative estimate of drug-likeness (QED) is 0.734. The van der Waals surface area contributed by atoms with Gasteiger partial charge in [-0.2, -0.15) is 5.10 Å². The largest absolute Gasteiger partial charge is 0.382 e. The number of nitrogens with two attached hydrogens (primary N) is 1. The highest BCUT2D eigenvalue weighted by Crippen LogP contribution is 2.34. The van der Waals surface area contributed by atoms with Gasteiger partial charge in [0.25, 0.3) is 0 Å². The minimum absolute atomic E-state index is 0.294. The Hall–Kier alpha value is -2.62. The third-order valence-corrected chi connectivity index (χ3v) is 2.97. The van der Waals surface area contributed by atoms with Gasteiger partial charge in [0, 0.05) is 5.56 Å². The molecule has 0 aliphatic carbocycles. The normalized spacial score (nSPS) is 10.6. The molecule has 3 N–H and O–H groups in total. The molecule has 3 nitrogen and oxygen atoms in total. The Labute approximate surface area is 109 Å². The summed E-state index contributed by atoms with van der Waals surface area (Å²) in [4.78, 5) is 0. The molecule has 4 heteroatoms. The maximum absolute atomic E-state index is 13.4. The predicted octanol–water partition coefficient (Wildman–Crippen LogP) is 3.47. The Morgan fingerprint density at radius 3 is 2.42 bits per heavy atom. The molecule has 19 heavy (non-hydrogen) atoms. The van der Waals surface area contributed by atoms with Gasteiger partial charge < -0.3 is 5.73 Å². The lowest BCUT2D eigenvalue weighted by Crippen LogP contribution is -1.89. The number of anilines is 1. The van der Waals surface area contributed by atoms with Gasteiger partial charge in [0.2, 0.25) is 0 Å². The number of nitrogen functional groups attached to an aromatic ring is 1. The molecular formula is C15H12FN3. The van der Waals surface area contributed by atoms with Crippen LogP contribution < -0.4 is 5.73 Å². The van der Waals surface area contributed by atoms with Crippen molar-refractivity contribution in [1.29, 1.82) is 0 Å². The summed E-state index contributed by atoms with van der Waals surface area (Å²) in [5.41, 5.74) is 9.10. The fourth-order valence-corrected chi connectivity index (χ4v) is 2.11. The first-order valence-corrected chi connectivity index (χ1v) is 5.91. The fourth-order valence-electron chi connectivity index (χ4n) is 2.11. The summed E-state index contributed by atoms with van der Waals surface area (Å²) in [6.07, 6.45) is 0. The molecule has 0 atom stereocenters. The van der Waals surface area contributed by atoms with E-state index in [1.807, 2.05) is 36.4 Å². The van der Waals surface area contributed by atoms with Gasteiger partial charge in [-0.3, -0.25) is 5.10 Å². The lowest BCUT2D eigenvalue weighted by Gasteiger charge is -2.04. The van der Waals surface area contributed by atoms with Crippen LogP contribution in [0.3, 0.4) is 0 Å². The van der Waals surface area contributed by atoms with Gasteiger partial charge in [0.1, 0.15) is 5.82 Å². The summed E-state index contributed by atoms with van der Waals surface area (Å²) in [6.45, 7) is 0. The highest BCUT2D eigenvalue weighted by Gasteiger charge is 2.14. The van der Waals surface area contributed by atoms with E-state index in [1.54, 1.807) is 6.07 Å². The van der Waals surface area contributed by atoms with E-state index >= 15 is 0 Å². The molecule has 0 aliphatic rings. The number of hydrogen-bond donors (Lipinski definition) is 2. The first-order valence-electron chi connectivity index (χ1n) is 5.91. The number of benzene rings is 2. The van der Waals surface area contributed by atoms with Crippen LogP contribution in [0.15, 0.2) is 54.6 Å². The standard InChI is InChI=1S/C15H12FN3/c16-12-8-4-7-11(9-12)13-14(18-19-15(13)17)10-5-2-1-3-6-10/h1-9H,(H3,17,18,19). The molecule has 3 rings (SSSR count). The van der Waals surface area contributed by atoms with Crippen LogP contribution in [0.1, 0.15) is 0 Å². The summed E-state index contributed by atoms with van der Waals surface area (Å²) in [7, 11) is 0. The summed E-state index contributed by atoms with van der Waals surface area (Å²) < 4.78 is 13.4. The zero-order chi connectivity index (χ0) is 13.2. The first-order chi connectivity index (χ1) is 9.25. The average molecular weight is 253 g/mol. The van der Waals surface area contributed by atoms with Crippen molar-refractivity contribution in [1.82, 2.24) is 10.2 Å². The molecule has 1 heterocycles. The fraction of sp³-hybridized carbons (Fsp3) is 0. The number of nitrogens with one attached hydrogen (secondary N) is 1. The van der Waals surface area contributed by atoms with Crippen molar-refractivity contribution in [3.05, 3.63) is 60.4 Å². The van der Waals surface area contributed by atoms with Gasteiger partial charge in [-0.1, -0.05) is 42.5 Å². The molecule has 0 radical (unpaired) electrons. The third kappa shape index (κ3) is 2.08. The van der Waals surface area contributed by atoms with Crippen molar-refractivity contribution in [2.24, 2.45) is 0 Å². The molecule has 0 spiro atoms. The lowest BCUT2D eigenvalue weighted by atomic mass is 10.0. The second-order valence-electron chi connectivity index (χ2n) is 4.24. The van der Waals surface area contributed by atoms with E-state index in [-0.39, 0.29) is 5.82 Å². The Kier molecular flexibility index (Phi) is 2.76. The Balaban J connectivity index is 2.20. The minimum Gasteiger partial charge on any atom is -0.382 e. The summed E-state index contributed by atoms with van der Waals surface area (Å²) in [6, 6.07) is 16.0. The minimum atomic E-state index is -0.294. The van der Waals surface area contributed by atoms with Crippen LogP contribution >= 0.6 is 0 Å². The van der Waals surface area contributed by atoms with Crippen LogP contribution in [0, 0.1) is 5.82 Å². The van der Waals surface area contributed by atoms with E-state index in [9.17, 15) is 4.39 Å². The van der Waals surface area contributed by atoms with Crippen molar-refractivity contribution in [2.45, 2.75) is 0 Å². The maximum Gasteiger partial charge on any atom is 0.153 e. The van der Waals surface area contributed by atoms with Crippen LogP contribution in [-0.4, -0.2) is 10.2 Å². The predicted molar refractivity (Wildman–Crippen MR) is 73.8 cm³/mol. The Bertz CT molecular complexity index is 704. The molecule has 94 valence electrons. The number of H-pyrrole nitrogens is 1. The maximum atomic E-state index is 13.4. The highest BCUT2D eigenvalue weighted by atomic mass is 19.1.